The zero-order chi connectivity index (χ0) is 13.8. The van der Waals surface area contributed by atoms with E-state index in [9.17, 15) is 4.79 Å². The van der Waals surface area contributed by atoms with Crippen LogP contribution in [0.5, 0.6) is 0 Å². The number of amides is 1. The molecule has 20 heavy (non-hydrogen) atoms. The van der Waals surface area contributed by atoms with Crippen LogP contribution in [-0.4, -0.2) is 10.9 Å². The second-order valence-electron chi connectivity index (χ2n) is 5.26. The Morgan fingerprint density at radius 3 is 2.95 bits per heavy atom. The van der Waals surface area contributed by atoms with Crippen LogP contribution in [0.15, 0.2) is 41.3 Å². The zero-order valence-corrected chi connectivity index (χ0v) is 11.3. The molecular weight excluding hydrogens is 252 g/mol. The van der Waals surface area contributed by atoms with Crippen LogP contribution in [0.4, 0.5) is 0 Å². The molecule has 1 N–H and O–H groups in total. The van der Waals surface area contributed by atoms with Crippen molar-refractivity contribution in [2.45, 2.75) is 32.2 Å². The summed E-state index contributed by atoms with van der Waals surface area (Å²) in [5.74, 6) is 1.17. The topological polar surface area (TPSA) is 55.1 Å². The highest BCUT2D eigenvalue weighted by Crippen LogP contribution is 2.25. The molecule has 1 aliphatic carbocycles. The van der Waals surface area contributed by atoms with Gasteiger partial charge in [-0.1, -0.05) is 12.8 Å². The van der Waals surface area contributed by atoms with E-state index in [2.05, 4.69) is 10.3 Å². The second-order valence-corrected chi connectivity index (χ2v) is 5.26. The maximum Gasteiger partial charge on any atom is 0.223 e. The Labute approximate surface area is 118 Å². The Morgan fingerprint density at radius 1 is 1.35 bits per heavy atom. The Kier molecular flexibility index (Phi) is 3.81. The number of pyridine rings is 1. The normalized spacial score (nSPS) is 15.4. The molecule has 0 bridgehead atoms. The van der Waals surface area contributed by atoms with Crippen molar-refractivity contribution in [1.29, 1.82) is 0 Å². The van der Waals surface area contributed by atoms with Crippen molar-refractivity contribution in [1.82, 2.24) is 10.3 Å². The summed E-state index contributed by atoms with van der Waals surface area (Å²) in [5, 5.41) is 3.00. The third-order valence-corrected chi connectivity index (χ3v) is 3.79. The average Bonchev–Trinajstić information content (AvgIpc) is 3.17. The van der Waals surface area contributed by atoms with E-state index >= 15 is 0 Å². The molecule has 2 heterocycles. The Hall–Kier alpha value is -2.10. The zero-order valence-electron chi connectivity index (χ0n) is 11.3. The number of hydrogen-bond acceptors (Lipinski definition) is 3. The SMILES string of the molecule is O=C(NCc1cncc(-c2ccco2)c1)C1CCCC1. The predicted octanol–water partition coefficient (Wildman–Crippen LogP) is 3.15. The molecule has 0 aliphatic heterocycles. The molecule has 1 fully saturated rings. The summed E-state index contributed by atoms with van der Waals surface area (Å²) in [4.78, 5) is 16.2. The maximum atomic E-state index is 12.0. The van der Waals surface area contributed by atoms with Crippen LogP contribution in [0.3, 0.4) is 0 Å². The van der Waals surface area contributed by atoms with Crippen molar-refractivity contribution < 1.29 is 9.21 Å². The van der Waals surface area contributed by atoms with Crippen LogP contribution in [0.1, 0.15) is 31.2 Å². The van der Waals surface area contributed by atoms with Gasteiger partial charge in [0, 0.05) is 30.4 Å². The minimum atomic E-state index is 0.172. The van der Waals surface area contributed by atoms with Gasteiger partial charge in [-0.15, -0.1) is 0 Å². The number of aromatic nitrogens is 1. The molecule has 104 valence electrons. The van der Waals surface area contributed by atoms with Crippen LogP contribution in [0.2, 0.25) is 0 Å². The summed E-state index contributed by atoms with van der Waals surface area (Å²) >= 11 is 0. The molecule has 1 amide bonds. The minimum Gasteiger partial charge on any atom is -0.464 e. The summed E-state index contributed by atoms with van der Waals surface area (Å²) in [6.45, 7) is 0.525. The smallest absolute Gasteiger partial charge is 0.223 e. The van der Waals surface area contributed by atoms with E-state index in [4.69, 9.17) is 4.42 Å². The fraction of sp³-hybridized carbons (Fsp3) is 0.375. The predicted molar refractivity (Wildman–Crippen MR) is 75.7 cm³/mol. The van der Waals surface area contributed by atoms with Gasteiger partial charge >= 0.3 is 0 Å². The largest absolute Gasteiger partial charge is 0.464 e. The van der Waals surface area contributed by atoms with Crippen LogP contribution in [-0.2, 0) is 11.3 Å². The van der Waals surface area contributed by atoms with Crippen molar-refractivity contribution in [2.24, 2.45) is 5.92 Å². The summed E-state index contributed by atoms with van der Waals surface area (Å²) in [6.07, 6.45) is 9.58. The molecule has 1 aliphatic rings. The first-order chi connectivity index (χ1) is 9.83. The van der Waals surface area contributed by atoms with E-state index < -0.39 is 0 Å². The quantitative estimate of drug-likeness (QED) is 0.928. The molecule has 4 nitrogen and oxygen atoms in total. The lowest BCUT2D eigenvalue weighted by atomic mass is 10.1. The van der Waals surface area contributed by atoms with Crippen molar-refractivity contribution in [3.63, 3.8) is 0 Å². The molecule has 4 heteroatoms. The molecule has 2 aromatic heterocycles. The number of carbonyl (C=O) groups is 1. The number of nitrogens with zero attached hydrogens (tertiary/aromatic N) is 1. The first kappa shape index (κ1) is 12.9. The molecule has 0 atom stereocenters. The lowest BCUT2D eigenvalue weighted by Gasteiger charge is -2.10. The molecule has 3 rings (SSSR count). The average molecular weight is 270 g/mol. The van der Waals surface area contributed by atoms with Crippen molar-refractivity contribution in [3.05, 3.63) is 42.4 Å². The van der Waals surface area contributed by atoms with Gasteiger partial charge in [-0.05, 0) is 36.6 Å². The van der Waals surface area contributed by atoms with Crippen LogP contribution in [0, 0.1) is 5.92 Å². The maximum absolute atomic E-state index is 12.0. The van der Waals surface area contributed by atoms with Gasteiger partial charge in [0.25, 0.3) is 0 Å². The van der Waals surface area contributed by atoms with E-state index in [0.717, 1.165) is 29.7 Å². The molecular formula is C16H18N2O2. The van der Waals surface area contributed by atoms with E-state index in [0.29, 0.717) is 6.54 Å². The number of hydrogen-bond donors (Lipinski definition) is 1. The third kappa shape index (κ3) is 2.90. The molecule has 0 aromatic carbocycles. The molecule has 0 unspecified atom stereocenters. The first-order valence-electron chi connectivity index (χ1n) is 7.08. The Morgan fingerprint density at radius 2 is 2.20 bits per heavy atom. The standard InChI is InChI=1S/C16H18N2O2/c19-16(13-4-1-2-5-13)18-10-12-8-14(11-17-9-12)15-6-3-7-20-15/h3,6-9,11,13H,1-2,4-5,10H2,(H,18,19). The third-order valence-electron chi connectivity index (χ3n) is 3.79. The highest BCUT2D eigenvalue weighted by atomic mass is 16.3. The van der Waals surface area contributed by atoms with Gasteiger partial charge in [0.15, 0.2) is 0 Å². The molecule has 1 saturated carbocycles. The Balaban J connectivity index is 1.63. The summed E-state index contributed by atoms with van der Waals surface area (Å²) in [6, 6.07) is 5.75. The van der Waals surface area contributed by atoms with Crippen molar-refractivity contribution in [3.8, 4) is 11.3 Å². The molecule has 0 radical (unpaired) electrons. The van der Waals surface area contributed by atoms with Crippen LogP contribution in [0.25, 0.3) is 11.3 Å². The van der Waals surface area contributed by atoms with Gasteiger partial charge in [0.05, 0.1) is 6.26 Å². The van der Waals surface area contributed by atoms with Crippen molar-refractivity contribution in [2.75, 3.05) is 0 Å². The second kappa shape index (κ2) is 5.90. The number of carbonyl (C=O) groups excluding carboxylic acids is 1. The lowest BCUT2D eigenvalue weighted by molar-refractivity contribution is -0.124. The highest BCUT2D eigenvalue weighted by Gasteiger charge is 2.22. The fourth-order valence-electron chi connectivity index (χ4n) is 2.68. The molecule has 0 saturated heterocycles. The van der Waals surface area contributed by atoms with E-state index in [1.807, 2.05) is 18.2 Å². The number of furan rings is 1. The fourth-order valence-corrected chi connectivity index (χ4v) is 2.68. The van der Waals surface area contributed by atoms with Crippen LogP contribution >= 0.6 is 0 Å². The van der Waals surface area contributed by atoms with Crippen molar-refractivity contribution >= 4 is 5.91 Å². The molecule has 2 aromatic rings. The first-order valence-corrected chi connectivity index (χ1v) is 7.08. The van der Waals surface area contributed by atoms with Gasteiger partial charge < -0.3 is 9.73 Å². The summed E-state index contributed by atoms with van der Waals surface area (Å²) in [7, 11) is 0. The van der Waals surface area contributed by atoms with Gasteiger partial charge in [0.2, 0.25) is 5.91 Å². The lowest BCUT2D eigenvalue weighted by Crippen LogP contribution is -2.28. The van der Waals surface area contributed by atoms with Crippen LogP contribution < -0.4 is 5.32 Å². The van der Waals surface area contributed by atoms with Gasteiger partial charge in [-0.2, -0.15) is 0 Å². The van der Waals surface area contributed by atoms with Gasteiger partial charge in [-0.25, -0.2) is 0 Å². The number of nitrogens with one attached hydrogen (secondary N) is 1. The van der Waals surface area contributed by atoms with Gasteiger partial charge in [0.1, 0.15) is 5.76 Å². The minimum absolute atomic E-state index is 0.172. The number of rotatable bonds is 4. The highest BCUT2D eigenvalue weighted by molar-refractivity contribution is 5.78. The summed E-state index contributed by atoms with van der Waals surface area (Å²) in [5.41, 5.74) is 1.92. The van der Waals surface area contributed by atoms with Gasteiger partial charge in [-0.3, -0.25) is 9.78 Å². The summed E-state index contributed by atoms with van der Waals surface area (Å²) < 4.78 is 5.35. The van der Waals surface area contributed by atoms with E-state index in [-0.39, 0.29) is 11.8 Å². The van der Waals surface area contributed by atoms with E-state index in [1.165, 1.54) is 12.8 Å². The Bertz CT molecular complexity index is 572. The van der Waals surface area contributed by atoms with E-state index in [1.54, 1.807) is 18.7 Å². The monoisotopic (exact) mass is 270 g/mol. The molecule has 0 spiro atoms.